The highest BCUT2D eigenvalue weighted by atomic mass is 15.6. The van der Waals surface area contributed by atoms with Crippen LogP contribution >= 0.6 is 0 Å². The summed E-state index contributed by atoms with van der Waals surface area (Å²) in [4.78, 5) is 6.43. The first-order valence-electron chi connectivity index (χ1n) is 3.48. The topological polar surface area (TPSA) is 120 Å². The van der Waals surface area contributed by atoms with E-state index in [0.717, 1.165) is 0 Å². The van der Waals surface area contributed by atoms with Gasteiger partial charge in [-0.2, -0.15) is 20.2 Å². The summed E-state index contributed by atoms with van der Waals surface area (Å²) in [5.41, 5.74) is 0.121. The molecule has 0 atom stereocenters. The largest absolute Gasteiger partial charge is 0.313 e. The molecule has 1 N–H and O–H groups in total. The molecule has 0 aliphatic carbocycles. The predicted octanol–water partition coefficient (Wildman–Crippen LogP) is -0.871. The van der Waals surface area contributed by atoms with Gasteiger partial charge in [0.05, 0.1) is 0 Å². The van der Waals surface area contributed by atoms with Crippen LogP contribution in [0.25, 0.3) is 5.95 Å². The van der Waals surface area contributed by atoms with E-state index in [1.54, 1.807) is 12.1 Å². The summed E-state index contributed by atoms with van der Waals surface area (Å²) >= 11 is 0. The fourth-order valence-electron chi connectivity index (χ4n) is 0.889. The molecule has 0 aromatic carbocycles. The zero-order valence-electron chi connectivity index (χ0n) is 6.71. The Hall–Kier alpha value is -2.74. The molecular weight excluding hydrogens is 184 g/mol. The number of rotatable bonds is 1. The van der Waals surface area contributed by atoms with E-state index < -0.39 is 0 Å². The highest BCUT2D eigenvalue weighted by Gasteiger charge is 2.10. The second-order valence-corrected chi connectivity index (χ2v) is 2.26. The average Bonchev–Trinajstić information content (AvgIpc) is 2.85. The molecule has 0 fully saturated rings. The van der Waals surface area contributed by atoms with Crippen molar-refractivity contribution < 1.29 is 0 Å². The van der Waals surface area contributed by atoms with Crippen molar-refractivity contribution in [1.82, 2.24) is 30.2 Å². The van der Waals surface area contributed by atoms with Crippen molar-refractivity contribution in [3.8, 4) is 18.1 Å². The molecule has 2 aromatic rings. The molecule has 2 aromatic heterocycles. The van der Waals surface area contributed by atoms with E-state index in [1.807, 2.05) is 0 Å². The van der Waals surface area contributed by atoms with Gasteiger partial charge >= 0.3 is 0 Å². The van der Waals surface area contributed by atoms with Crippen LogP contribution in [0.1, 0.15) is 11.4 Å². The third-order valence-corrected chi connectivity index (χ3v) is 1.48. The Bertz CT molecular complexity index is 490. The minimum atomic E-state index is 0.0259. The molecule has 0 unspecified atom stereocenters. The summed E-state index contributed by atoms with van der Waals surface area (Å²) in [5.74, 6) is 0.239. The van der Waals surface area contributed by atoms with Crippen molar-refractivity contribution in [2.45, 2.75) is 0 Å². The molecule has 0 saturated carbocycles. The number of aromatic amines is 1. The van der Waals surface area contributed by atoms with E-state index in [0.29, 0.717) is 0 Å². The van der Waals surface area contributed by atoms with Gasteiger partial charge in [-0.15, -0.1) is 5.10 Å². The summed E-state index contributed by atoms with van der Waals surface area (Å²) in [6, 6.07) is 3.59. The molecule has 0 saturated heterocycles. The van der Waals surface area contributed by atoms with Crippen LogP contribution in [0.15, 0.2) is 6.33 Å². The monoisotopic (exact) mass is 186 g/mol. The van der Waals surface area contributed by atoms with Gasteiger partial charge in [0, 0.05) is 0 Å². The third-order valence-electron chi connectivity index (χ3n) is 1.48. The summed E-state index contributed by atoms with van der Waals surface area (Å²) in [7, 11) is 0. The van der Waals surface area contributed by atoms with Crippen LogP contribution in [0.5, 0.6) is 0 Å². The Balaban J connectivity index is 2.55. The molecule has 2 rings (SSSR count). The molecule has 66 valence electrons. The van der Waals surface area contributed by atoms with Crippen LogP contribution in [0, 0.1) is 22.7 Å². The first-order chi connectivity index (χ1) is 6.85. The van der Waals surface area contributed by atoms with Crippen LogP contribution in [0.2, 0.25) is 0 Å². The Kier molecular flexibility index (Phi) is 1.66. The standard InChI is InChI=1S/C6H2N8/c7-1-4-5(2-8)11-6(10-4)14-3-9-12-13-14/h3H,(H,10,11). The van der Waals surface area contributed by atoms with Gasteiger partial charge in [0.1, 0.15) is 18.5 Å². The maximum atomic E-state index is 8.63. The minimum Gasteiger partial charge on any atom is -0.313 e. The number of nitrogens with zero attached hydrogens (tertiary/aromatic N) is 7. The van der Waals surface area contributed by atoms with Gasteiger partial charge in [-0.05, 0) is 10.4 Å². The molecule has 8 heteroatoms. The van der Waals surface area contributed by atoms with Gasteiger partial charge in [0.15, 0.2) is 11.4 Å². The molecule has 0 amide bonds. The molecule has 0 aliphatic rings. The second-order valence-electron chi connectivity index (χ2n) is 2.26. The van der Waals surface area contributed by atoms with Crippen LogP contribution < -0.4 is 0 Å². The van der Waals surface area contributed by atoms with Crippen molar-refractivity contribution in [2.75, 3.05) is 0 Å². The summed E-state index contributed by atoms with van der Waals surface area (Å²) < 4.78 is 1.22. The van der Waals surface area contributed by atoms with E-state index in [-0.39, 0.29) is 17.3 Å². The number of H-pyrrole nitrogens is 1. The van der Waals surface area contributed by atoms with E-state index in [2.05, 4.69) is 25.5 Å². The Morgan fingerprint density at radius 3 is 2.71 bits per heavy atom. The SMILES string of the molecule is N#Cc1nc(-n2cnnn2)[nH]c1C#N. The molecule has 14 heavy (non-hydrogen) atoms. The van der Waals surface area contributed by atoms with Gasteiger partial charge < -0.3 is 4.98 Å². The number of aromatic nitrogens is 6. The first-order valence-corrected chi connectivity index (χ1v) is 3.48. The number of nitrogens with one attached hydrogen (secondary N) is 1. The van der Waals surface area contributed by atoms with Gasteiger partial charge in [-0.1, -0.05) is 0 Å². The van der Waals surface area contributed by atoms with Crippen LogP contribution in [-0.4, -0.2) is 30.2 Å². The van der Waals surface area contributed by atoms with E-state index >= 15 is 0 Å². The Morgan fingerprint density at radius 1 is 1.36 bits per heavy atom. The van der Waals surface area contributed by atoms with Crippen molar-refractivity contribution in [3.63, 3.8) is 0 Å². The van der Waals surface area contributed by atoms with Gasteiger partial charge in [0.25, 0.3) is 0 Å². The third kappa shape index (κ3) is 1.07. The lowest BCUT2D eigenvalue weighted by atomic mass is 10.4. The molecule has 0 radical (unpaired) electrons. The summed E-state index contributed by atoms with van der Waals surface area (Å²) in [6.07, 6.45) is 1.31. The highest BCUT2D eigenvalue weighted by molar-refractivity contribution is 5.39. The maximum absolute atomic E-state index is 8.63. The van der Waals surface area contributed by atoms with Crippen molar-refractivity contribution in [1.29, 1.82) is 10.5 Å². The lowest BCUT2D eigenvalue weighted by Crippen LogP contribution is -1.97. The quantitative estimate of drug-likeness (QED) is 0.617. The fourth-order valence-corrected chi connectivity index (χ4v) is 0.889. The lowest BCUT2D eigenvalue weighted by Gasteiger charge is -1.87. The maximum Gasteiger partial charge on any atom is 0.233 e. The lowest BCUT2D eigenvalue weighted by molar-refractivity contribution is 0.756. The van der Waals surface area contributed by atoms with Crippen LogP contribution in [0.3, 0.4) is 0 Å². The van der Waals surface area contributed by atoms with E-state index in [1.165, 1.54) is 11.0 Å². The number of tetrazole rings is 1. The first kappa shape index (κ1) is 7.89. The van der Waals surface area contributed by atoms with Crippen LogP contribution in [0.4, 0.5) is 0 Å². The smallest absolute Gasteiger partial charge is 0.233 e. The van der Waals surface area contributed by atoms with Gasteiger partial charge in [-0.25, -0.2) is 0 Å². The van der Waals surface area contributed by atoms with Gasteiger partial charge in [-0.3, -0.25) is 0 Å². The highest BCUT2D eigenvalue weighted by Crippen LogP contribution is 2.05. The average molecular weight is 186 g/mol. The Labute approximate surface area is 77.4 Å². The predicted molar refractivity (Wildman–Crippen MR) is 40.7 cm³/mol. The molecule has 0 aliphatic heterocycles. The number of hydrogen-bond donors (Lipinski definition) is 1. The summed E-state index contributed by atoms with van der Waals surface area (Å²) in [6.45, 7) is 0. The number of nitriles is 2. The zero-order chi connectivity index (χ0) is 9.97. The van der Waals surface area contributed by atoms with Crippen molar-refractivity contribution in [3.05, 3.63) is 17.7 Å². The summed E-state index contributed by atoms with van der Waals surface area (Å²) in [5, 5.41) is 27.6. The molecule has 2 heterocycles. The normalized spacial score (nSPS) is 9.29. The molecule has 0 bridgehead atoms. The van der Waals surface area contributed by atoms with Crippen molar-refractivity contribution >= 4 is 0 Å². The van der Waals surface area contributed by atoms with Crippen LogP contribution in [-0.2, 0) is 0 Å². The second kappa shape index (κ2) is 2.95. The minimum absolute atomic E-state index is 0.0259. The number of imidazole rings is 1. The van der Waals surface area contributed by atoms with E-state index in [4.69, 9.17) is 10.5 Å². The van der Waals surface area contributed by atoms with Crippen molar-refractivity contribution in [2.24, 2.45) is 0 Å². The van der Waals surface area contributed by atoms with E-state index in [9.17, 15) is 0 Å². The molecule has 8 nitrogen and oxygen atoms in total. The van der Waals surface area contributed by atoms with Gasteiger partial charge in [0.2, 0.25) is 5.95 Å². The Morgan fingerprint density at radius 2 is 2.21 bits per heavy atom. The zero-order valence-corrected chi connectivity index (χ0v) is 6.71. The fraction of sp³-hybridized carbons (Fsp3) is 0. The number of hydrogen-bond acceptors (Lipinski definition) is 6. The molecule has 0 spiro atoms. The molecular formula is C6H2N8.